The molecule has 3 aromatic carbocycles. The van der Waals surface area contributed by atoms with E-state index in [0.29, 0.717) is 11.4 Å². The Morgan fingerprint density at radius 1 is 0.632 bits per heavy atom. The van der Waals surface area contributed by atoms with Crippen LogP contribution in [0.5, 0.6) is 0 Å². The molecule has 0 aliphatic rings. The summed E-state index contributed by atoms with van der Waals surface area (Å²) >= 11 is 0. The van der Waals surface area contributed by atoms with Gasteiger partial charge in [-0.15, -0.1) is 10.2 Å². The summed E-state index contributed by atoms with van der Waals surface area (Å²) in [5.74, 6) is 0. The first-order valence-electron chi connectivity index (χ1n) is 6.08. The molecule has 0 saturated carbocycles. The van der Waals surface area contributed by atoms with Crippen molar-refractivity contribution in [2.24, 2.45) is 10.2 Å². The Balaban J connectivity index is 2.04. The Hall–Kier alpha value is -2.68. The molecule has 0 amide bonds. The fourth-order valence-corrected chi connectivity index (χ4v) is 1.98. The Morgan fingerprint density at radius 2 is 1.26 bits per heavy atom. The van der Waals surface area contributed by atoms with Gasteiger partial charge in [-0.2, -0.15) is 0 Å². The zero-order valence-corrected chi connectivity index (χ0v) is 10.3. The fourth-order valence-electron chi connectivity index (χ4n) is 1.98. The van der Waals surface area contributed by atoms with Crippen molar-refractivity contribution in [1.29, 1.82) is 0 Å². The molecule has 3 rings (SSSR count). The molecule has 0 heterocycles. The first-order chi connectivity index (χ1) is 9.34. The van der Waals surface area contributed by atoms with E-state index >= 15 is 0 Å². The van der Waals surface area contributed by atoms with Gasteiger partial charge < -0.3 is 5.73 Å². The van der Waals surface area contributed by atoms with Gasteiger partial charge in [0.1, 0.15) is 5.69 Å². The third kappa shape index (κ3) is 2.31. The van der Waals surface area contributed by atoms with Crippen molar-refractivity contribution in [3.8, 4) is 0 Å². The zero-order chi connectivity index (χ0) is 13.1. The van der Waals surface area contributed by atoms with Gasteiger partial charge in [-0.05, 0) is 23.6 Å². The number of nitrogen functional groups attached to an aromatic ring is 1. The van der Waals surface area contributed by atoms with Crippen LogP contribution in [0.25, 0.3) is 10.8 Å². The lowest BCUT2D eigenvalue weighted by molar-refractivity contribution is 1.24. The van der Waals surface area contributed by atoms with E-state index in [4.69, 9.17) is 5.73 Å². The SMILES string of the molecule is Nc1ccccc1N=Nc1cccc2ccccc12. The number of rotatable bonds is 2. The molecular formula is C16H13N3. The maximum atomic E-state index is 5.84. The molecular weight excluding hydrogens is 234 g/mol. The molecule has 2 N–H and O–H groups in total. The van der Waals surface area contributed by atoms with Crippen molar-refractivity contribution < 1.29 is 0 Å². The molecule has 0 spiro atoms. The van der Waals surface area contributed by atoms with Gasteiger partial charge in [0.2, 0.25) is 0 Å². The normalized spacial score (nSPS) is 11.2. The van der Waals surface area contributed by atoms with E-state index in [1.807, 2.05) is 54.6 Å². The van der Waals surface area contributed by atoms with Gasteiger partial charge in [0.15, 0.2) is 0 Å². The minimum absolute atomic E-state index is 0.631. The second-order valence-corrected chi connectivity index (χ2v) is 4.26. The summed E-state index contributed by atoms with van der Waals surface area (Å²) in [4.78, 5) is 0. The molecule has 3 nitrogen and oxygen atoms in total. The topological polar surface area (TPSA) is 50.7 Å². The largest absolute Gasteiger partial charge is 0.397 e. The molecule has 0 bridgehead atoms. The minimum Gasteiger partial charge on any atom is -0.397 e. The summed E-state index contributed by atoms with van der Waals surface area (Å²) in [5, 5.41) is 10.8. The van der Waals surface area contributed by atoms with Gasteiger partial charge in [0, 0.05) is 5.39 Å². The Labute approximate surface area is 111 Å². The first kappa shape index (κ1) is 11.4. The number of hydrogen-bond donors (Lipinski definition) is 1. The fraction of sp³-hybridized carbons (Fsp3) is 0. The smallest absolute Gasteiger partial charge is 0.109 e. The summed E-state index contributed by atoms with van der Waals surface area (Å²) in [6.07, 6.45) is 0. The number of benzene rings is 3. The lowest BCUT2D eigenvalue weighted by Gasteiger charge is -2.01. The molecule has 0 radical (unpaired) electrons. The number of nitrogens with two attached hydrogens (primary N) is 1. The highest BCUT2D eigenvalue weighted by Gasteiger charge is 1.99. The predicted octanol–water partition coefficient (Wildman–Crippen LogP) is 4.84. The van der Waals surface area contributed by atoms with Crippen molar-refractivity contribution >= 4 is 27.8 Å². The van der Waals surface area contributed by atoms with Crippen LogP contribution < -0.4 is 5.73 Å². The van der Waals surface area contributed by atoms with Gasteiger partial charge in [0.25, 0.3) is 0 Å². The lowest BCUT2D eigenvalue weighted by Crippen LogP contribution is -1.82. The standard InChI is InChI=1S/C16H13N3/c17-14-9-3-4-10-16(14)19-18-15-11-5-7-12-6-1-2-8-13(12)15/h1-11H,17H2. The van der Waals surface area contributed by atoms with Crippen molar-refractivity contribution in [2.75, 3.05) is 5.73 Å². The lowest BCUT2D eigenvalue weighted by atomic mass is 10.1. The number of anilines is 1. The van der Waals surface area contributed by atoms with Crippen LogP contribution in [0.2, 0.25) is 0 Å². The highest BCUT2D eigenvalue weighted by molar-refractivity contribution is 5.92. The van der Waals surface area contributed by atoms with Crippen LogP contribution in [0.1, 0.15) is 0 Å². The molecule has 0 fully saturated rings. The number of fused-ring (bicyclic) bond motifs is 1. The van der Waals surface area contributed by atoms with Crippen LogP contribution >= 0.6 is 0 Å². The first-order valence-corrected chi connectivity index (χ1v) is 6.08. The van der Waals surface area contributed by atoms with Gasteiger partial charge in [-0.25, -0.2) is 0 Å². The minimum atomic E-state index is 0.631. The number of hydrogen-bond acceptors (Lipinski definition) is 3. The molecule has 19 heavy (non-hydrogen) atoms. The number of nitrogens with zero attached hydrogens (tertiary/aromatic N) is 2. The van der Waals surface area contributed by atoms with E-state index in [1.54, 1.807) is 0 Å². The zero-order valence-electron chi connectivity index (χ0n) is 10.3. The molecule has 92 valence electrons. The Kier molecular flexibility index (Phi) is 2.94. The monoisotopic (exact) mass is 247 g/mol. The van der Waals surface area contributed by atoms with Crippen LogP contribution in [-0.2, 0) is 0 Å². The average molecular weight is 247 g/mol. The van der Waals surface area contributed by atoms with Crippen molar-refractivity contribution in [1.82, 2.24) is 0 Å². The summed E-state index contributed by atoms with van der Waals surface area (Å²) in [6.45, 7) is 0. The van der Waals surface area contributed by atoms with E-state index in [9.17, 15) is 0 Å². The third-order valence-electron chi connectivity index (χ3n) is 2.97. The number of azo groups is 1. The van der Waals surface area contributed by atoms with Crippen LogP contribution in [-0.4, -0.2) is 0 Å². The second kappa shape index (κ2) is 4.90. The molecule has 0 saturated heterocycles. The van der Waals surface area contributed by atoms with Gasteiger partial charge >= 0.3 is 0 Å². The quantitative estimate of drug-likeness (QED) is 0.511. The molecule has 0 aromatic heterocycles. The van der Waals surface area contributed by atoms with Crippen LogP contribution in [0.15, 0.2) is 77.0 Å². The number of para-hydroxylation sites is 1. The average Bonchev–Trinajstić information content (AvgIpc) is 2.46. The van der Waals surface area contributed by atoms with E-state index in [2.05, 4.69) is 22.4 Å². The maximum absolute atomic E-state index is 5.84. The molecule has 3 heteroatoms. The van der Waals surface area contributed by atoms with Crippen molar-refractivity contribution in [2.45, 2.75) is 0 Å². The van der Waals surface area contributed by atoms with E-state index in [-0.39, 0.29) is 0 Å². The van der Waals surface area contributed by atoms with Crippen molar-refractivity contribution in [3.05, 3.63) is 66.7 Å². The highest BCUT2D eigenvalue weighted by atomic mass is 15.1. The maximum Gasteiger partial charge on any atom is 0.109 e. The van der Waals surface area contributed by atoms with E-state index in [0.717, 1.165) is 16.5 Å². The summed E-state index contributed by atoms with van der Waals surface area (Å²) < 4.78 is 0. The van der Waals surface area contributed by atoms with Gasteiger partial charge in [0.05, 0.1) is 11.4 Å². The molecule has 0 atom stereocenters. The Bertz CT molecular complexity index is 742. The Morgan fingerprint density at radius 3 is 2.16 bits per heavy atom. The van der Waals surface area contributed by atoms with Gasteiger partial charge in [-0.1, -0.05) is 48.5 Å². The van der Waals surface area contributed by atoms with Crippen LogP contribution in [0.4, 0.5) is 17.1 Å². The van der Waals surface area contributed by atoms with E-state index < -0.39 is 0 Å². The summed E-state index contributed by atoms with van der Waals surface area (Å²) in [6, 6.07) is 21.5. The molecule has 3 aromatic rings. The summed E-state index contributed by atoms with van der Waals surface area (Å²) in [5.41, 5.74) is 8.01. The van der Waals surface area contributed by atoms with Crippen molar-refractivity contribution in [3.63, 3.8) is 0 Å². The molecule has 0 aliphatic heterocycles. The second-order valence-electron chi connectivity index (χ2n) is 4.26. The van der Waals surface area contributed by atoms with Crippen LogP contribution in [0.3, 0.4) is 0 Å². The van der Waals surface area contributed by atoms with E-state index in [1.165, 1.54) is 0 Å². The van der Waals surface area contributed by atoms with Gasteiger partial charge in [-0.3, -0.25) is 0 Å². The molecule has 0 aliphatic carbocycles. The molecule has 0 unspecified atom stereocenters. The summed E-state index contributed by atoms with van der Waals surface area (Å²) in [7, 11) is 0. The van der Waals surface area contributed by atoms with Crippen LogP contribution in [0, 0.1) is 0 Å². The third-order valence-corrected chi connectivity index (χ3v) is 2.97. The predicted molar refractivity (Wildman–Crippen MR) is 79.0 cm³/mol. The highest BCUT2D eigenvalue weighted by Crippen LogP contribution is 2.28.